The largest absolute Gasteiger partial charge is 0.542 e. The Kier molecular flexibility index (Phi) is 14.2. The number of anilines is 1. The molecule has 3 amide bonds. The predicted molar refractivity (Wildman–Crippen MR) is 222 cm³/mol. The van der Waals surface area contributed by atoms with Crippen molar-refractivity contribution in [1.29, 1.82) is 0 Å². The molecule has 2 aliphatic heterocycles. The fourth-order valence-corrected chi connectivity index (χ4v) is 10.9. The number of rotatable bonds is 12. The average molecular weight is 947 g/mol. The number of phenolic OH excluding ortho intramolecular Hbond substituents is 1. The molecule has 3 atom stereocenters. The van der Waals surface area contributed by atoms with Crippen LogP contribution in [0.15, 0.2) is 123 Å². The lowest BCUT2D eigenvalue weighted by atomic mass is 9.98. The molecule has 16 nitrogen and oxygen atoms in total. The topological polar surface area (TPSA) is 232 Å². The number of likely N-dealkylation sites (tertiary alicyclic amines) is 1. The van der Waals surface area contributed by atoms with E-state index in [0.29, 0.717) is 52.4 Å². The highest BCUT2D eigenvalue weighted by atomic mass is 32.3. The van der Waals surface area contributed by atoms with Crippen LogP contribution in [0, 0.1) is 0 Å². The van der Waals surface area contributed by atoms with Gasteiger partial charge in [-0.1, -0.05) is 30.3 Å². The second-order valence-electron chi connectivity index (χ2n) is 15.0. The van der Waals surface area contributed by atoms with Gasteiger partial charge in [0.2, 0.25) is 22.5 Å². The number of carbonyl (C=O) groups is 3. The first-order chi connectivity index (χ1) is 30.1. The van der Waals surface area contributed by atoms with Gasteiger partial charge in [-0.2, -0.15) is 21.6 Å². The number of nitrogens with one attached hydrogen (secondary N) is 1. The highest BCUT2D eigenvalue weighted by Crippen LogP contribution is 2.35. The Labute approximate surface area is 369 Å². The first kappa shape index (κ1) is 47.3. The molecule has 1 saturated heterocycles. The number of fused-ring (bicyclic) bond motifs is 1. The summed E-state index contributed by atoms with van der Waals surface area (Å²) in [5.74, 6) is -2.23. The summed E-state index contributed by atoms with van der Waals surface area (Å²) < 4.78 is 100. The van der Waals surface area contributed by atoms with Gasteiger partial charge in [0.1, 0.15) is 30.6 Å². The molecule has 0 radical (unpaired) electrons. The first-order valence-electron chi connectivity index (χ1n) is 19.2. The molecule has 22 heteroatoms. The van der Waals surface area contributed by atoms with Crippen LogP contribution in [0.25, 0.3) is 0 Å². The lowest BCUT2D eigenvalue weighted by molar-refractivity contribution is -0.928. The molecule has 1 aromatic heterocycles. The van der Waals surface area contributed by atoms with Gasteiger partial charge >= 0.3 is 22.3 Å². The van der Waals surface area contributed by atoms with Crippen molar-refractivity contribution < 1.29 is 72.7 Å². The molecule has 4 aromatic carbocycles. The number of likely N-dealkylation sites (N-methyl/N-ethyl adjacent to an activating group) is 1. The fraction of sp³-hybridized carbons (Fsp3) is 0.262. The van der Waals surface area contributed by atoms with Crippen LogP contribution in [0.4, 0.5) is 23.7 Å². The van der Waals surface area contributed by atoms with Crippen LogP contribution in [-0.4, -0.2) is 94.4 Å². The monoisotopic (exact) mass is 946 g/mol. The van der Waals surface area contributed by atoms with E-state index in [-0.39, 0.29) is 44.4 Å². The number of phenols is 1. The fourth-order valence-electron chi connectivity index (χ4n) is 7.09. The summed E-state index contributed by atoms with van der Waals surface area (Å²) in [6, 6.07) is 24.1. The molecule has 64 heavy (non-hydrogen) atoms. The Morgan fingerprint density at radius 2 is 1.58 bits per heavy atom. The molecule has 0 aliphatic carbocycles. The van der Waals surface area contributed by atoms with E-state index in [0.717, 1.165) is 24.6 Å². The number of amides is 3. The normalized spacial score (nSPS) is 17.6. The number of benzene rings is 4. The van der Waals surface area contributed by atoms with E-state index in [1.807, 2.05) is 18.2 Å². The number of nitrogens with two attached hydrogens (primary N) is 1. The van der Waals surface area contributed by atoms with Gasteiger partial charge in [-0.05, 0) is 97.6 Å². The van der Waals surface area contributed by atoms with Gasteiger partial charge in [-0.25, -0.2) is 13.2 Å². The van der Waals surface area contributed by atoms with Gasteiger partial charge in [0.15, 0.2) is 15.7 Å². The van der Waals surface area contributed by atoms with Crippen molar-refractivity contribution >= 4 is 54.9 Å². The van der Waals surface area contributed by atoms with Crippen molar-refractivity contribution in [2.24, 2.45) is 5.73 Å². The number of ether oxygens (including phenoxy) is 2. The van der Waals surface area contributed by atoms with E-state index in [2.05, 4.69) is 12.4 Å². The predicted octanol–water partition coefficient (Wildman–Crippen LogP) is 4.82. The Hall–Kier alpha value is -6.20. The Bertz CT molecular complexity index is 2700. The number of thiophene rings is 1. The van der Waals surface area contributed by atoms with E-state index in [4.69, 9.17) is 29.3 Å². The lowest BCUT2D eigenvalue weighted by Gasteiger charge is -2.44. The minimum absolute atomic E-state index is 0.0303. The van der Waals surface area contributed by atoms with Crippen LogP contribution in [0.1, 0.15) is 24.0 Å². The van der Waals surface area contributed by atoms with Crippen molar-refractivity contribution in [3.8, 4) is 23.0 Å². The number of hydrogen-bond donors (Lipinski definition) is 3. The van der Waals surface area contributed by atoms with Gasteiger partial charge < -0.3 is 44.2 Å². The van der Waals surface area contributed by atoms with E-state index in [1.54, 1.807) is 30.3 Å². The molecule has 1 fully saturated rings. The third-order valence-corrected chi connectivity index (χ3v) is 14.7. The number of urea groups is 1. The molecule has 7 rings (SSSR count). The smallest absolute Gasteiger partial charge is 0.430 e. The summed E-state index contributed by atoms with van der Waals surface area (Å²) in [6.07, 6.45) is -3.77. The van der Waals surface area contributed by atoms with Crippen molar-refractivity contribution in [3.63, 3.8) is 0 Å². The number of imide groups is 1. The summed E-state index contributed by atoms with van der Waals surface area (Å²) in [5.41, 5.74) is 8.47. The van der Waals surface area contributed by atoms with Crippen molar-refractivity contribution in [2.75, 3.05) is 32.2 Å². The molecule has 340 valence electrons. The number of alkyl halides is 3. The maximum absolute atomic E-state index is 14.2. The third-order valence-electron chi connectivity index (χ3n) is 10.1. The number of nitrogens with zero attached hydrogens (tertiary/aromatic N) is 2. The molecule has 0 spiro atoms. The Balaban J connectivity index is 0.000000898. The quantitative estimate of drug-likeness (QED) is 0.113. The summed E-state index contributed by atoms with van der Waals surface area (Å²) in [4.78, 5) is 38.1. The minimum atomic E-state index is -5.19. The second kappa shape index (κ2) is 19.3. The lowest BCUT2D eigenvalue weighted by Crippen LogP contribution is -2.62. The summed E-state index contributed by atoms with van der Waals surface area (Å²) >= 11 is 0.716. The van der Waals surface area contributed by atoms with Crippen molar-refractivity contribution in [2.45, 2.75) is 58.1 Å². The van der Waals surface area contributed by atoms with E-state index in [9.17, 15) is 44.7 Å². The van der Waals surface area contributed by atoms with Crippen LogP contribution >= 0.6 is 11.3 Å². The van der Waals surface area contributed by atoms with Crippen molar-refractivity contribution in [1.82, 2.24) is 4.90 Å². The van der Waals surface area contributed by atoms with Gasteiger partial charge in [-0.15, -0.1) is 11.3 Å². The van der Waals surface area contributed by atoms with E-state index < -0.39 is 56.1 Å². The number of aromatic hydroxyl groups is 1. The zero-order valence-electron chi connectivity index (χ0n) is 33.8. The molecular weight excluding hydrogens is 906 g/mol. The number of hydrogen-bond acceptors (Lipinski definition) is 14. The first-order valence-corrected chi connectivity index (χ1v) is 23.0. The number of carboxylic acid groups (broad SMARTS) is 1. The van der Waals surface area contributed by atoms with Crippen LogP contribution in [0.5, 0.6) is 23.0 Å². The number of carbonyl (C=O) groups excluding carboxylic acids is 3. The molecule has 3 heterocycles. The zero-order valence-corrected chi connectivity index (χ0v) is 36.2. The summed E-state index contributed by atoms with van der Waals surface area (Å²) in [5, 5.41) is 22.5. The maximum atomic E-state index is 14.2. The van der Waals surface area contributed by atoms with Gasteiger partial charge in [0.05, 0.1) is 35.5 Å². The van der Waals surface area contributed by atoms with Crippen LogP contribution < -0.4 is 29.8 Å². The van der Waals surface area contributed by atoms with Gasteiger partial charge in [0.25, 0.3) is 0 Å². The summed E-state index contributed by atoms with van der Waals surface area (Å²) in [6.45, 7) is 2.06. The number of halogens is 3. The maximum Gasteiger partial charge on any atom is 0.430 e. The number of quaternary nitrogens is 1. The minimum Gasteiger partial charge on any atom is -0.542 e. The van der Waals surface area contributed by atoms with Gasteiger partial charge in [-0.3, -0.25) is 9.69 Å². The van der Waals surface area contributed by atoms with Crippen LogP contribution in [0.2, 0.25) is 0 Å². The number of sulfone groups is 1. The zero-order chi connectivity index (χ0) is 46.5. The van der Waals surface area contributed by atoms with Crippen molar-refractivity contribution in [3.05, 3.63) is 120 Å². The number of piperidine rings is 1. The molecule has 1 unspecified atom stereocenters. The standard InChI is InChI=1S/C40H40N4O10S3.C2HF3O2/c1-44(23-28-11-18-36-37(21-28)53-26-52-36)19-5-6-30(24-44)43(39(46)35(41)20-27-9-14-31(45)15-10-27)40(47)42-29-12-16-32(17-13-29)54-57(50,51)38-22-34(25-55-38)56(48,49)33-7-3-2-4-8-33;3-2(4,5)1(6)7/h2-4,7-18,21-22,25,30,35H,5-6,19-20,23-24,26,41H2,1H3,(H-,42,45,47);(H,6,7)/t30-,35-,44?;/m0./s1. The molecule has 4 N–H and O–H groups in total. The average Bonchev–Trinajstić information content (AvgIpc) is 3.94. The van der Waals surface area contributed by atoms with E-state index >= 15 is 0 Å². The third kappa shape index (κ3) is 11.7. The highest BCUT2D eigenvalue weighted by Gasteiger charge is 2.41. The van der Waals surface area contributed by atoms with Crippen LogP contribution in [-0.2, 0) is 42.5 Å². The number of carboxylic acids is 1. The molecule has 0 saturated carbocycles. The molecule has 2 aliphatic rings. The molecule has 0 bridgehead atoms. The van der Waals surface area contributed by atoms with Crippen LogP contribution in [0.3, 0.4) is 0 Å². The Morgan fingerprint density at radius 3 is 2.23 bits per heavy atom. The Morgan fingerprint density at radius 1 is 0.938 bits per heavy atom. The van der Waals surface area contributed by atoms with Gasteiger partial charge in [0, 0.05) is 16.6 Å². The molecule has 5 aromatic rings. The van der Waals surface area contributed by atoms with E-state index in [1.165, 1.54) is 58.8 Å². The highest BCUT2D eigenvalue weighted by molar-refractivity contribution is 7.92. The second-order valence-corrected chi connectivity index (χ2v) is 19.7. The molecular formula is C42H41F3N4O12S3. The SMILES string of the molecule is C[N+]1(Cc2ccc3c(c2)OCO3)CCC[C@H](N(C(=O)Nc2ccc(OS(=O)(=O)c3cc(S(=O)(=O)c4ccccc4)cs3)cc2)C(=O)[C@@H](N)Cc2ccc(O)cc2)C1.O=C([O-])C(F)(F)F. The summed E-state index contributed by atoms with van der Waals surface area (Å²) in [7, 11) is -6.27. The number of aliphatic carboxylic acids is 1.